The maximum absolute atomic E-state index is 9.78. The van der Waals surface area contributed by atoms with Gasteiger partial charge in [0.1, 0.15) is 24.4 Å². The van der Waals surface area contributed by atoms with Crippen LogP contribution in [0.25, 0.3) is 0 Å². The Morgan fingerprint density at radius 3 is 2.09 bits per heavy atom. The third kappa shape index (κ3) is 7.55. The van der Waals surface area contributed by atoms with E-state index in [2.05, 4.69) is 6.92 Å². The Hall–Kier alpha value is 0.760. The Morgan fingerprint density at radius 1 is 0.909 bits per heavy atom. The van der Waals surface area contributed by atoms with Crippen molar-refractivity contribution >= 4 is 0 Å². The first-order valence-corrected chi connectivity index (χ1v) is 8.04. The van der Waals surface area contributed by atoms with E-state index in [9.17, 15) is 15.3 Å². The molecule has 1 unspecified atom stereocenters. The minimum atomic E-state index is -1.37. The third-order valence-electron chi connectivity index (χ3n) is 3.88. The van der Waals surface area contributed by atoms with Gasteiger partial charge in [0.15, 0.2) is 6.29 Å². The Morgan fingerprint density at radius 2 is 1.50 bits per heavy atom. The van der Waals surface area contributed by atoms with E-state index in [-0.39, 0.29) is 31.0 Å². The van der Waals surface area contributed by atoms with Crippen LogP contribution in [0.15, 0.2) is 0 Å². The van der Waals surface area contributed by atoms with Gasteiger partial charge < -0.3 is 31.3 Å². The smallest absolute Gasteiger partial charge is 1.00 e. The van der Waals surface area contributed by atoms with Gasteiger partial charge in [-0.15, -0.1) is 0 Å². The van der Waals surface area contributed by atoms with Crippen molar-refractivity contribution in [3.8, 4) is 0 Å². The van der Waals surface area contributed by atoms with Crippen molar-refractivity contribution in [2.24, 2.45) is 0 Å². The molecule has 0 aromatic rings. The van der Waals surface area contributed by atoms with Gasteiger partial charge in [0, 0.05) is 6.61 Å². The molecule has 0 aromatic carbocycles. The SMILES string of the molecule is CCCCCCCCCOC1O[C@H](CO)[C@@H](O)[C@H](O)[C@H]1O.[H-].[Na+]. The molecule has 0 bridgehead atoms. The molecule has 1 rings (SSSR count). The van der Waals surface area contributed by atoms with E-state index >= 15 is 0 Å². The normalized spacial score (nSPS) is 31.8. The van der Waals surface area contributed by atoms with E-state index in [1.165, 1.54) is 25.7 Å². The molecule has 128 valence electrons. The van der Waals surface area contributed by atoms with Crippen LogP contribution in [-0.2, 0) is 9.47 Å². The Bertz CT molecular complexity index is 272. The molecule has 0 saturated carbocycles. The van der Waals surface area contributed by atoms with Gasteiger partial charge in [-0.1, -0.05) is 45.4 Å². The van der Waals surface area contributed by atoms with Crippen molar-refractivity contribution in [1.82, 2.24) is 0 Å². The number of hydrogen-bond donors (Lipinski definition) is 4. The number of aliphatic hydroxyl groups is 4. The summed E-state index contributed by atoms with van der Waals surface area (Å²) in [6, 6.07) is 0. The van der Waals surface area contributed by atoms with Crippen LogP contribution in [0.3, 0.4) is 0 Å². The second-order valence-corrected chi connectivity index (χ2v) is 5.69. The summed E-state index contributed by atoms with van der Waals surface area (Å²) in [5.41, 5.74) is 0. The largest absolute Gasteiger partial charge is 1.00 e. The van der Waals surface area contributed by atoms with Gasteiger partial charge in [-0.25, -0.2) is 0 Å². The average Bonchev–Trinajstić information content (AvgIpc) is 2.49. The standard InChI is InChI=1S/C15H30O6.Na.H/c1-2-3-4-5-6-7-8-9-20-15-14(19)13(18)12(17)11(10-16)21-15;;/h11-19H,2-10H2,1H3;;/q;+1;-1/t11-,12-,13+,14-,15?;;/m1../s1. The first-order valence-electron chi connectivity index (χ1n) is 8.04. The van der Waals surface area contributed by atoms with Crippen LogP contribution in [0.5, 0.6) is 0 Å². The number of rotatable bonds is 10. The summed E-state index contributed by atoms with van der Waals surface area (Å²) in [6.07, 6.45) is 2.20. The van der Waals surface area contributed by atoms with Crippen molar-refractivity contribution < 1.29 is 60.9 Å². The van der Waals surface area contributed by atoms with Gasteiger partial charge in [0.25, 0.3) is 0 Å². The van der Waals surface area contributed by atoms with Gasteiger partial charge >= 0.3 is 29.6 Å². The van der Waals surface area contributed by atoms with E-state index in [1.807, 2.05) is 0 Å². The van der Waals surface area contributed by atoms with Crippen molar-refractivity contribution in [2.75, 3.05) is 13.2 Å². The van der Waals surface area contributed by atoms with Crippen molar-refractivity contribution in [2.45, 2.75) is 82.6 Å². The van der Waals surface area contributed by atoms with E-state index < -0.39 is 37.3 Å². The summed E-state index contributed by atoms with van der Waals surface area (Å²) in [6.45, 7) is 2.19. The van der Waals surface area contributed by atoms with Crippen LogP contribution in [0.1, 0.15) is 53.3 Å². The molecule has 1 saturated heterocycles. The first kappa shape index (κ1) is 22.8. The molecule has 7 heteroatoms. The predicted molar refractivity (Wildman–Crippen MR) is 78.8 cm³/mol. The number of ether oxygens (including phenoxy) is 2. The molecule has 0 amide bonds. The van der Waals surface area contributed by atoms with Gasteiger partial charge in [-0.2, -0.15) is 0 Å². The van der Waals surface area contributed by atoms with Crippen LogP contribution in [0.2, 0.25) is 0 Å². The van der Waals surface area contributed by atoms with Gasteiger partial charge in [0.05, 0.1) is 6.61 Å². The number of aliphatic hydroxyl groups excluding tert-OH is 4. The van der Waals surface area contributed by atoms with E-state index in [0.717, 1.165) is 19.3 Å². The van der Waals surface area contributed by atoms with Crippen LogP contribution in [0, 0.1) is 0 Å². The Labute approximate surface area is 156 Å². The van der Waals surface area contributed by atoms with E-state index in [1.54, 1.807) is 0 Å². The fourth-order valence-electron chi connectivity index (χ4n) is 2.46. The van der Waals surface area contributed by atoms with Crippen molar-refractivity contribution in [1.29, 1.82) is 0 Å². The number of hydrogen-bond acceptors (Lipinski definition) is 6. The molecule has 1 aliphatic heterocycles. The Kier molecular flexibility index (Phi) is 13.5. The zero-order chi connectivity index (χ0) is 15.7. The quantitative estimate of drug-likeness (QED) is 0.265. The van der Waals surface area contributed by atoms with Gasteiger partial charge in [0.2, 0.25) is 0 Å². The first-order chi connectivity index (χ1) is 10.1. The minimum absolute atomic E-state index is 0. The van der Waals surface area contributed by atoms with Crippen LogP contribution < -0.4 is 29.6 Å². The van der Waals surface area contributed by atoms with Crippen LogP contribution in [-0.4, -0.2) is 64.3 Å². The van der Waals surface area contributed by atoms with Crippen LogP contribution >= 0.6 is 0 Å². The molecule has 1 fully saturated rings. The molecule has 22 heavy (non-hydrogen) atoms. The molecule has 1 heterocycles. The van der Waals surface area contributed by atoms with Crippen molar-refractivity contribution in [3.63, 3.8) is 0 Å². The predicted octanol–water partition coefficient (Wildman–Crippen LogP) is -2.33. The summed E-state index contributed by atoms with van der Waals surface area (Å²) in [5.74, 6) is 0. The van der Waals surface area contributed by atoms with Gasteiger partial charge in [-0.05, 0) is 6.42 Å². The molecule has 0 aromatic heterocycles. The zero-order valence-electron chi connectivity index (χ0n) is 14.9. The molecule has 0 spiro atoms. The molecule has 6 nitrogen and oxygen atoms in total. The topological polar surface area (TPSA) is 99.4 Å². The van der Waals surface area contributed by atoms with Gasteiger partial charge in [-0.3, -0.25) is 0 Å². The summed E-state index contributed by atoms with van der Waals surface area (Å²) in [7, 11) is 0. The average molecular weight is 330 g/mol. The third-order valence-corrected chi connectivity index (χ3v) is 3.88. The second-order valence-electron chi connectivity index (χ2n) is 5.69. The molecule has 0 radical (unpaired) electrons. The van der Waals surface area contributed by atoms with E-state index in [0.29, 0.717) is 6.61 Å². The number of unbranched alkanes of at least 4 members (excludes halogenated alkanes) is 6. The maximum atomic E-state index is 9.78. The molecule has 5 atom stereocenters. The summed E-state index contributed by atoms with van der Waals surface area (Å²) in [5, 5.41) is 38.1. The molecule has 4 N–H and O–H groups in total. The summed E-state index contributed by atoms with van der Waals surface area (Å²) >= 11 is 0. The summed E-state index contributed by atoms with van der Waals surface area (Å²) in [4.78, 5) is 0. The molecular formula is C15H31NaO6. The molecule has 0 aliphatic carbocycles. The van der Waals surface area contributed by atoms with E-state index in [4.69, 9.17) is 14.6 Å². The monoisotopic (exact) mass is 330 g/mol. The molecular weight excluding hydrogens is 299 g/mol. The zero-order valence-corrected chi connectivity index (χ0v) is 15.9. The maximum Gasteiger partial charge on any atom is 1.00 e. The second kappa shape index (κ2) is 13.1. The van der Waals surface area contributed by atoms with Crippen molar-refractivity contribution in [3.05, 3.63) is 0 Å². The minimum Gasteiger partial charge on any atom is -1.00 e. The fraction of sp³-hybridized carbons (Fsp3) is 1.00. The fourth-order valence-corrected chi connectivity index (χ4v) is 2.46. The molecule has 1 aliphatic rings. The Balaban J connectivity index is 0. The summed E-state index contributed by atoms with van der Waals surface area (Å²) < 4.78 is 10.7. The van der Waals surface area contributed by atoms with Crippen LogP contribution in [0.4, 0.5) is 0 Å².